The van der Waals surface area contributed by atoms with Crippen molar-refractivity contribution < 1.29 is 14.6 Å². The van der Waals surface area contributed by atoms with Gasteiger partial charge >= 0.3 is 0 Å². The molecule has 4 nitrogen and oxygen atoms in total. The number of benzene rings is 3. The first kappa shape index (κ1) is 27.3. The van der Waals surface area contributed by atoms with Crippen molar-refractivity contribution in [3.8, 4) is 11.5 Å². The Balaban J connectivity index is 1.65. The van der Waals surface area contributed by atoms with E-state index in [0.29, 0.717) is 30.5 Å². The summed E-state index contributed by atoms with van der Waals surface area (Å²) in [5.74, 6) is 0.668. The van der Waals surface area contributed by atoms with Gasteiger partial charge in [0.15, 0.2) is 0 Å². The second-order valence-corrected chi connectivity index (χ2v) is 11.6. The number of phenols is 1. The number of halogens is 1. The lowest BCUT2D eigenvalue weighted by atomic mass is 9.76. The largest absolute Gasteiger partial charge is 0.506 e. The van der Waals surface area contributed by atoms with Crippen LogP contribution in [0.2, 0.25) is 0 Å². The molecule has 5 heteroatoms. The fourth-order valence-corrected chi connectivity index (χ4v) is 4.82. The van der Waals surface area contributed by atoms with Crippen molar-refractivity contribution in [1.29, 1.82) is 0 Å². The van der Waals surface area contributed by atoms with Crippen LogP contribution in [0.4, 0.5) is 0 Å². The van der Waals surface area contributed by atoms with Gasteiger partial charge in [0.05, 0.1) is 12.2 Å². The highest BCUT2D eigenvalue weighted by Crippen LogP contribution is 2.38. The molecule has 188 valence electrons. The van der Waals surface area contributed by atoms with Gasteiger partial charge in [-0.1, -0.05) is 77.9 Å². The summed E-state index contributed by atoms with van der Waals surface area (Å²) in [6.07, 6.45) is 2.76. The maximum Gasteiger partial charge on any atom is 0.255 e. The van der Waals surface area contributed by atoms with E-state index in [0.717, 1.165) is 27.5 Å². The molecule has 0 saturated heterocycles. The highest BCUT2D eigenvalue weighted by Gasteiger charge is 2.26. The minimum Gasteiger partial charge on any atom is -0.506 e. The van der Waals surface area contributed by atoms with Crippen LogP contribution in [-0.4, -0.2) is 24.2 Å². The molecule has 0 aliphatic carbocycles. The molecule has 1 amide bonds. The van der Waals surface area contributed by atoms with Crippen molar-refractivity contribution in [2.75, 3.05) is 13.2 Å². The van der Waals surface area contributed by atoms with Crippen LogP contribution in [0.3, 0.4) is 0 Å². The van der Waals surface area contributed by atoms with Crippen LogP contribution >= 0.6 is 22.6 Å². The maximum atomic E-state index is 12.8. The van der Waals surface area contributed by atoms with Crippen molar-refractivity contribution in [2.24, 2.45) is 0 Å². The lowest BCUT2D eigenvalue weighted by Gasteiger charge is -2.30. The molecule has 0 unspecified atom stereocenters. The molecule has 3 aromatic carbocycles. The monoisotopic (exact) mass is 587 g/mol. The van der Waals surface area contributed by atoms with Gasteiger partial charge in [0, 0.05) is 21.1 Å². The van der Waals surface area contributed by atoms with Gasteiger partial charge in [-0.25, -0.2) is 0 Å². The second-order valence-electron chi connectivity index (χ2n) is 10.4. The summed E-state index contributed by atoms with van der Waals surface area (Å²) >= 11 is 2.20. The molecular weight excluding hydrogens is 549 g/mol. The fourth-order valence-electron chi connectivity index (χ4n) is 4.04. The molecule has 0 bridgehead atoms. The van der Waals surface area contributed by atoms with E-state index < -0.39 is 0 Å². The quantitative estimate of drug-likeness (QED) is 0.189. The first-order valence-corrected chi connectivity index (χ1v) is 13.6. The Hall–Kier alpha value is -2.28. The topological polar surface area (TPSA) is 58.6 Å². The summed E-state index contributed by atoms with van der Waals surface area (Å²) in [4.78, 5) is 12.8. The first-order valence-electron chi connectivity index (χ1n) is 12.5. The molecule has 0 saturated carbocycles. The molecule has 0 atom stereocenters. The van der Waals surface area contributed by atoms with E-state index in [9.17, 15) is 9.90 Å². The number of aromatic hydroxyl groups is 1. The van der Waals surface area contributed by atoms with Gasteiger partial charge in [0.1, 0.15) is 11.5 Å². The number of hydrogen-bond donors (Lipinski definition) is 2. The summed E-state index contributed by atoms with van der Waals surface area (Å²) < 4.78 is 7.15. The van der Waals surface area contributed by atoms with Gasteiger partial charge in [0.25, 0.3) is 5.91 Å². The average Bonchev–Trinajstić information content (AvgIpc) is 2.85. The SMILES string of the molecule is CCC(C)(C)c1ccc(OCCCNC(=O)c2cc(I)c3ccccc3c2O)c(C(C)(C)CC)c1. The average molecular weight is 588 g/mol. The van der Waals surface area contributed by atoms with Crippen molar-refractivity contribution >= 4 is 39.3 Å². The normalized spacial score (nSPS) is 12.1. The molecule has 35 heavy (non-hydrogen) atoms. The van der Waals surface area contributed by atoms with E-state index in [1.54, 1.807) is 6.07 Å². The molecule has 2 N–H and O–H groups in total. The van der Waals surface area contributed by atoms with Gasteiger partial charge in [-0.3, -0.25) is 4.79 Å². The summed E-state index contributed by atoms with van der Waals surface area (Å²) in [5.41, 5.74) is 3.00. The Labute approximate surface area is 223 Å². The predicted octanol–water partition coefficient (Wildman–Crippen LogP) is 7.72. The molecule has 0 fully saturated rings. The van der Waals surface area contributed by atoms with Crippen molar-refractivity contribution in [3.05, 3.63) is 68.8 Å². The Bertz CT molecular complexity index is 1200. The minimum absolute atomic E-state index is 0.00807. The third-order valence-corrected chi connectivity index (χ3v) is 8.22. The number of phenolic OH excluding ortho intramolecular Hbond substituents is 1. The molecule has 3 aromatic rings. The van der Waals surface area contributed by atoms with E-state index in [2.05, 4.69) is 87.6 Å². The van der Waals surface area contributed by atoms with Crippen LogP contribution in [0.1, 0.15) is 82.3 Å². The molecule has 0 radical (unpaired) electrons. The molecule has 0 aliphatic rings. The Kier molecular flexibility index (Phi) is 8.73. The van der Waals surface area contributed by atoms with E-state index >= 15 is 0 Å². The standard InChI is InChI=1S/C30H38INO3/c1-7-29(3,4)20-14-15-26(24(18-20)30(5,6)8-2)35-17-11-16-32-28(34)23-19-25(31)21-12-9-10-13-22(21)27(23)33/h9-10,12-15,18-19,33H,7-8,11,16-17H2,1-6H3,(H,32,34). The number of rotatable bonds is 10. The van der Waals surface area contributed by atoms with Crippen molar-refractivity contribution in [2.45, 2.75) is 71.6 Å². The van der Waals surface area contributed by atoms with Gasteiger partial charge in [-0.15, -0.1) is 0 Å². The summed E-state index contributed by atoms with van der Waals surface area (Å²) in [5, 5.41) is 15.2. The number of fused-ring (bicyclic) bond motifs is 1. The van der Waals surface area contributed by atoms with Crippen molar-refractivity contribution in [3.63, 3.8) is 0 Å². The van der Waals surface area contributed by atoms with E-state index in [-0.39, 0.29) is 22.5 Å². The molecule has 0 heterocycles. The van der Waals surface area contributed by atoms with Gasteiger partial charge in [0.2, 0.25) is 0 Å². The highest BCUT2D eigenvalue weighted by atomic mass is 127. The van der Waals surface area contributed by atoms with Crippen LogP contribution in [-0.2, 0) is 10.8 Å². The third-order valence-electron chi connectivity index (χ3n) is 7.33. The zero-order chi connectivity index (χ0) is 25.8. The number of carbonyl (C=O) groups is 1. The van der Waals surface area contributed by atoms with Gasteiger partial charge < -0.3 is 15.2 Å². The number of nitrogens with one attached hydrogen (secondary N) is 1. The zero-order valence-electron chi connectivity index (χ0n) is 21.8. The number of ether oxygens (including phenoxy) is 1. The van der Waals surface area contributed by atoms with Crippen LogP contribution in [0.25, 0.3) is 10.8 Å². The Morgan fingerprint density at radius 3 is 2.29 bits per heavy atom. The fraction of sp³-hybridized carbons (Fsp3) is 0.433. The van der Waals surface area contributed by atoms with Gasteiger partial charge in [-0.2, -0.15) is 0 Å². The van der Waals surface area contributed by atoms with E-state index in [1.807, 2.05) is 24.3 Å². The number of hydrogen-bond acceptors (Lipinski definition) is 3. The summed E-state index contributed by atoms with van der Waals surface area (Å²) in [7, 11) is 0. The highest BCUT2D eigenvalue weighted by molar-refractivity contribution is 14.1. The number of carbonyl (C=O) groups excluding carboxylic acids is 1. The number of amides is 1. The lowest BCUT2D eigenvalue weighted by molar-refractivity contribution is 0.0949. The second kappa shape index (κ2) is 11.2. The molecule has 3 rings (SSSR count). The zero-order valence-corrected chi connectivity index (χ0v) is 24.0. The predicted molar refractivity (Wildman–Crippen MR) is 154 cm³/mol. The lowest BCUT2D eigenvalue weighted by Crippen LogP contribution is -2.26. The van der Waals surface area contributed by atoms with Crippen LogP contribution in [0.15, 0.2) is 48.5 Å². The maximum absolute atomic E-state index is 12.8. The first-order chi connectivity index (χ1) is 16.5. The van der Waals surface area contributed by atoms with Crippen LogP contribution in [0.5, 0.6) is 11.5 Å². The Morgan fingerprint density at radius 2 is 1.63 bits per heavy atom. The third kappa shape index (κ3) is 6.11. The molecular formula is C30H38INO3. The minimum atomic E-state index is -0.273. The van der Waals surface area contributed by atoms with E-state index in [4.69, 9.17) is 4.74 Å². The Morgan fingerprint density at radius 1 is 0.971 bits per heavy atom. The summed E-state index contributed by atoms with van der Waals surface area (Å²) in [6, 6.07) is 15.9. The molecule has 0 aliphatic heterocycles. The smallest absolute Gasteiger partial charge is 0.255 e. The van der Waals surface area contributed by atoms with Crippen LogP contribution < -0.4 is 10.1 Å². The summed E-state index contributed by atoms with van der Waals surface area (Å²) in [6.45, 7) is 14.5. The molecule has 0 spiro atoms. The molecule has 0 aromatic heterocycles. The van der Waals surface area contributed by atoms with E-state index in [1.165, 1.54) is 11.1 Å². The van der Waals surface area contributed by atoms with Crippen molar-refractivity contribution in [1.82, 2.24) is 5.32 Å². The van der Waals surface area contributed by atoms with Gasteiger partial charge in [-0.05, 0) is 75.8 Å². The van der Waals surface area contributed by atoms with Crippen LogP contribution in [0, 0.1) is 3.57 Å².